The second-order valence-electron chi connectivity index (χ2n) is 7.22. The Morgan fingerprint density at radius 2 is 1.93 bits per heavy atom. The molecule has 154 valence electrons. The van der Waals surface area contributed by atoms with Gasteiger partial charge in [0.05, 0.1) is 4.90 Å². The van der Waals surface area contributed by atoms with E-state index in [-0.39, 0.29) is 16.7 Å². The number of hydrogen-bond acceptors (Lipinski definition) is 4. The van der Waals surface area contributed by atoms with Crippen molar-refractivity contribution in [2.75, 3.05) is 18.1 Å². The van der Waals surface area contributed by atoms with E-state index in [4.69, 9.17) is 21.5 Å². The highest BCUT2D eigenvalue weighted by Gasteiger charge is 2.33. The number of ether oxygens (including phenoxy) is 1. The van der Waals surface area contributed by atoms with Crippen molar-refractivity contribution in [3.05, 3.63) is 64.7 Å². The first kappa shape index (κ1) is 21.4. The summed E-state index contributed by atoms with van der Waals surface area (Å²) in [5, 5.41) is 5.71. The van der Waals surface area contributed by atoms with Crippen LogP contribution in [0, 0.1) is 0 Å². The lowest BCUT2D eigenvalue weighted by Gasteiger charge is -2.19. The average Bonchev–Trinajstić information content (AvgIpc) is 3.02. The van der Waals surface area contributed by atoms with Gasteiger partial charge in [-0.15, -0.1) is 0 Å². The summed E-state index contributed by atoms with van der Waals surface area (Å²) >= 11 is 6.14. The van der Waals surface area contributed by atoms with Crippen LogP contribution in [0.3, 0.4) is 0 Å². The molecule has 1 atom stereocenters. The molecule has 6 nitrogen and oxygen atoms in total. The van der Waals surface area contributed by atoms with Gasteiger partial charge in [0.1, 0.15) is 12.4 Å². The smallest absolute Gasteiger partial charge is 0.238 e. The molecule has 1 heterocycles. The number of rotatable bonds is 6. The standard InChI is InChI=1S/C21H23ClN2O4S/c1-14(2)9-10-28-20-12-16(22)3-8-19(20)15-11-21(25)24(13-15)17-4-6-18(7-5-17)29(23,26)27/h3-9,12,15H,10-11,13H2,1-2H3,(H2,23,26,27)/t15-/m0/s1. The number of primary sulfonamides is 1. The maximum absolute atomic E-state index is 12.6. The van der Waals surface area contributed by atoms with E-state index in [1.54, 1.807) is 29.2 Å². The molecular formula is C21H23ClN2O4S. The maximum Gasteiger partial charge on any atom is 0.238 e. The Bertz CT molecular complexity index is 1040. The number of amides is 1. The molecule has 0 saturated carbocycles. The zero-order valence-electron chi connectivity index (χ0n) is 16.3. The molecule has 8 heteroatoms. The van der Waals surface area contributed by atoms with E-state index in [0.29, 0.717) is 36.0 Å². The number of hydrogen-bond donors (Lipinski definition) is 1. The van der Waals surface area contributed by atoms with Crippen LogP contribution in [-0.2, 0) is 14.8 Å². The summed E-state index contributed by atoms with van der Waals surface area (Å²) in [6, 6.07) is 11.4. The second-order valence-corrected chi connectivity index (χ2v) is 9.22. The van der Waals surface area contributed by atoms with Crippen molar-refractivity contribution in [2.24, 2.45) is 5.14 Å². The van der Waals surface area contributed by atoms with Crippen LogP contribution >= 0.6 is 11.6 Å². The van der Waals surface area contributed by atoms with Crippen molar-refractivity contribution < 1.29 is 17.9 Å². The summed E-state index contributed by atoms with van der Waals surface area (Å²) in [5.74, 6) is 0.571. The fourth-order valence-electron chi connectivity index (χ4n) is 3.25. The van der Waals surface area contributed by atoms with Crippen LogP contribution in [0.1, 0.15) is 31.7 Å². The largest absolute Gasteiger partial charge is 0.489 e. The first-order valence-electron chi connectivity index (χ1n) is 9.14. The topological polar surface area (TPSA) is 89.7 Å². The molecule has 0 bridgehead atoms. The Morgan fingerprint density at radius 3 is 2.55 bits per heavy atom. The minimum absolute atomic E-state index is 0.0112. The minimum atomic E-state index is -3.77. The number of nitrogens with zero attached hydrogens (tertiary/aromatic N) is 1. The Labute approximate surface area is 176 Å². The number of halogens is 1. The number of carbonyl (C=O) groups is 1. The molecule has 0 spiro atoms. The highest BCUT2D eigenvalue weighted by Crippen LogP contribution is 2.37. The van der Waals surface area contributed by atoms with E-state index >= 15 is 0 Å². The summed E-state index contributed by atoms with van der Waals surface area (Å²) in [5.41, 5.74) is 2.71. The van der Waals surface area contributed by atoms with E-state index in [1.807, 2.05) is 26.0 Å². The van der Waals surface area contributed by atoms with Gasteiger partial charge in [-0.1, -0.05) is 23.2 Å². The van der Waals surface area contributed by atoms with Crippen molar-refractivity contribution in [1.82, 2.24) is 0 Å². The number of allylic oxidation sites excluding steroid dienone is 1. The van der Waals surface area contributed by atoms with Gasteiger partial charge in [-0.05, 0) is 61.9 Å². The van der Waals surface area contributed by atoms with Gasteiger partial charge in [0, 0.05) is 29.6 Å². The van der Waals surface area contributed by atoms with Crippen LogP contribution in [0.25, 0.3) is 0 Å². The quantitative estimate of drug-likeness (QED) is 0.699. The van der Waals surface area contributed by atoms with Gasteiger partial charge >= 0.3 is 0 Å². The summed E-state index contributed by atoms with van der Waals surface area (Å²) < 4.78 is 28.8. The number of carbonyl (C=O) groups excluding carboxylic acids is 1. The first-order chi connectivity index (χ1) is 13.6. The number of sulfonamides is 1. The van der Waals surface area contributed by atoms with Crippen molar-refractivity contribution in [3.8, 4) is 5.75 Å². The van der Waals surface area contributed by atoms with Gasteiger partial charge in [-0.25, -0.2) is 13.6 Å². The lowest BCUT2D eigenvalue weighted by Crippen LogP contribution is -2.24. The SMILES string of the molecule is CC(C)=CCOc1cc(Cl)ccc1[C@H]1CC(=O)N(c2ccc(S(N)(=O)=O)cc2)C1. The van der Waals surface area contributed by atoms with Crippen molar-refractivity contribution in [2.45, 2.75) is 31.1 Å². The summed E-state index contributed by atoms with van der Waals surface area (Å²) in [4.78, 5) is 14.3. The van der Waals surface area contributed by atoms with Gasteiger partial charge < -0.3 is 9.64 Å². The zero-order valence-corrected chi connectivity index (χ0v) is 17.8. The van der Waals surface area contributed by atoms with Crippen LogP contribution < -0.4 is 14.8 Å². The normalized spacial score (nSPS) is 16.8. The molecule has 1 fully saturated rings. The van der Waals surface area contributed by atoms with Gasteiger partial charge in [0.15, 0.2) is 0 Å². The summed E-state index contributed by atoms with van der Waals surface area (Å²) in [6.07, 6.45) is 2.31. The maximum atomic E-state index is 12.6. The molecular weight excluding hydrogens is 412 g/mol. The van der Waals surface area contributed by atoms with Crippen LogP contribution in [0.4, 0.5) is 5.69 Å². The predicted octanol–water partition coefficient (Wildman–Crippen LogP) is 3.85. The first-order valence-corrected chi connectivity index (χ1v) is 11.1. The van der Waals surface area contributed by atoms with E-state index in [1.165, 1.54) is 12.1 Å². The number of benzene rings is 2. The molecule has 2 aromatic rings. The number of nitrogens with two attached hydrogens (primary N) is 1. The zero-order chi connectivity index (χ0) is 21.2. The molecule has 0 aliphatic carbocycles. The molecule has 3 rings (SSSR count). The summed E-state index contributed by atoms with van der Waals surface area (Å²) in [7, 11) is -3.77. The van der Waals surface area contributed by atoms with E-state index in [9.17, 15) is 13.2 Å². The van der Waals surface area contributed by atoms with Crippen molar-refractivity contribution >= 4 is 33.2 Å². The molecule has 1 saturated heterocycles. The lowest BCUT2D eigenvalue weighted by molar-refractivity contribution is -0.117. The third-order valence-electron chi connectivity index (χ3n) is 4.75. The van der Waals surface area contributed by atoms with Crippen molar-refractivity contribution in [1.29, 1.82) is 0 Å². The van der Waals surface area contributed by atoms with Crippen molar-refractivity contribution in [3.63, 3.8) is 0 Å². The van der Waals surface area contributed by atoms with E-state index in [2.05, 4.69) is 0 Å². The molecule has 0 radical (unpaired) electrons. The van der Waals surface area contributed by atoms with Crippen LogP contribution in [0.2, 0.25) is 5.02 Å². The minimum Gasteiger partial charge on any atom is -0.489 e. The fourth-order valence-corrected chi connectivity index (χ4v) is 3.93. The molecule has 2 N–H and O–H groups in total. The van der Waals surface area contributed by atoms with Gasteiger partial charge in [0.25, 0.3) is 0 Å². The molecule has 0 unspecified atom stereocenters. The molecule has 29 heavy (non-hydrogen) atoms. The third kappa shape index (κ3) is 5.18. The molecule has 1 amide bonds. The Kier molecular flexibility index (Phi) is 6.31. The second kappa shape index (κ2) is 8.57. The van der Waals surface area contributed by atoms with Crippen LogP contribution in [0.15, 0.2) is 59.0 Å². The van der Waals surface area contributed by atoms with Crippen LogP contribution in [-0.4, -0.2) is 27.5 Å². The number of anilines is 1. The highest BCUT2D eigenvalue weighted by atomic mass is 35.5. The monoisotopic (exact) mass is 434 g/mol. The summed E-state index contributed by atoms with van der Waals surface area (Å²) in [6.45, 7) is 4.89. The average molecular weight is 435 g/mol. The molecule has 0 aromatic heterocycles. The molecule has 1 aliphatic rings. The van der Waals surface area contributed by atoms with E-state index in [0.717, 1.165) is 11.1 Å². The Hall–Kier alpha value is -2.35. The van der Waals surface area contributed by atoms with Gasteiger partial charge in [-0.2, -0.15) is 0 Å². The lowest BCUT2D eigenvalue weighted by atomic mass is 9.97. The Balaban J connectivity index is 1.82. The van der Waals surface area contributed by atoms with E-state index < -0.39 is 10.0 Å². The van der Waals surface area contributed by atoms with Gasteiger partial charge in [0.2, 0.25) is 15.9 Å². The van der Waals surface area contributed by atoms with Gasteiger partial charge in [-0.3, -0.25) is 4.79 Å². The fraction of sp³-hybridized carbons (Fsp3) is 0.286. The van der Waals surface area contributed by atoms with Crippen LogP contribution in [0.5, 0.6) is 5.75 Å². The predicted molar refractivity (Wildman–Crippen MR) is 114 cm³/mol. The molecule has 1 aliphatic heterocycles. The third-order valence-corrected chi connectivity index (χ3v) is 5.91. The molecule has 2 aromatic carbocycles. The Morgan fingerprint density at radius 1 is 1.24 bits per heavy atom. The highest BCUT2D eigenvalue weighted by molar-refractivity contribution is 7.89.